The molecule has 4 rings (SSSR count). The summed E-state index contributed by atoms with van der Waals surface area (Å²) >= 11 is 3.53. The standard InChI is InChI=1S/C21H14BrN3/c22-19-11-5-9-17(13-19)16-8-4-10-18(12-16)21-24-14-23-20(25-21)15-6-2-1-3-7-15/h1-14H. The lowest BCUT2D eigenvalue weighted by molar-refractivity contribution is 1.07. The van der Waals surface area contributed by atoms with Crippen LogP contribution in [0.15, 0.2) is 89.7 Å². The quantitative estimate of drug-likeness (QED) is 0.456. The molecule has 0 spiro atoms. The Balaban J connectivity index is 1.75. The molecule has 1 aromatic heterocycles. The fourth-order valence-electron chi connectivity index (χ4n) is 2.67. The second-order valence-corrected chi connectivity index (χ2v) is 6.51. The van der Waals surface area contributed by atoms with Gasteiger partial charge in [0, 0.05) is 15.6 Å². The number of rotatable bonds is 3. The molecular weight excluding hydrogens is 374 g/mol. The van der Waals surface area contributed by atoms with Crippen molar-refractivity contribution < 1.29 is 0 Å². The first-order chi connectivity index (χ1) is 12.3. The number of hydrogen-bond acceptors (Lipinski definition) is 3. The van der Waals surface area contributed by atoms with Gasteiger partial charge in [0.1, 0.15) is 6.33 Å². The topological polar surface area (TPSA) is 38.7 Å². The van der Waals surface area contributed by atoms with Crippen LogP contribution in [0, 0.1) is 0 Å². The van der Waals surface area contributed by atoms with E-state index >= 15 is 0 Å². The fourth-order valence-corrected chi connectivity index (χ4v) is 3.07. The first-order valence-electron chi connectivity index (χ1n) is 7.90. The van der Waals surface area contributed by atoms with Crippen molar-refractivity contribution in [2.24, 2.45) is 0 Å². The molecule has 25 heavy (non-hydrogen) atoms. The Labute approximate surface area is 154 Å². The summed E-state index contributed by atoms with van der Waals surface area (Å²) in [6.07, 6.45) is 1.57. The largest absolute Gasteiger partial charge is 0.217 e. The van der Waals surface area contributed by atoms with Crippen LogP contribution in [0.4, 0.5) is 0 Å². The van der Waals surface area contributed by atoms with Gasteiger partial charge in [0.25, 0.3) is 0 Å². The molecule has 3 nitrogen and oxygen atoms in total. The van der Waals surface area contributed by atoms with E-state index < -0.39 is 0 Å². The third-order valence-electron chi connectivity index (χ3n) is 3.88. The second kappa shape index (κ2) is 6.95. The maximum absolute atomic E-state index is 4.63. The van der Waals surface area contributed by atoms with Crippen molar-refractivity contribution >= 4 is 15.9 Å². The molecule has 0 N–H and O–H groups in total. The van der Waals surface area contributed by atoms with Gasteiger partial charge in [0.2, 0.25) is 0 Å². The van der Waals surface area contributed by atoms with Crippen molar-refractivity contribution in [3.05, 3.63) is 89.7 Å². The van der Waals surface area contributed by atoms with Gasteiger partial charge >= 0.3 is 0 Å². The molecule has 0 radical (unpaired) electrons. The van der Waals surface area contributed by atoms with E-state index in [1.807, 2.05) is 54.6 Å². The van der Waals surface area contributed by atoms with E-state index in [2.05, 4.69) is 55.1 Å². The predicted octanol–water partition coefficient (Wildman–Crippen LogP) is 5.64. The minimum absolute atomic E-state index is 0.672. The highest BCUT2D eigenvalue weighted by molar-refractivity contribution is 9.10. The number of aromatic nitrogens is 3. The molecule has 0 fully saturated rings. The zero-order chi connectivity index (χ0) is 17.1. The van der Waals surface area contributed by atoms with Crippen LogP contribution in [0.25, 0.3) is 33.9 Å². The molecule has 4 aromatic rings. The van der Waals surface area contributed by atoms with Gasteiger partial charge in [-0.3, -0.25) is 0 Å². The van der Waals surface area contributed by atoms with Crippen molar-refractivity contribution in [3.8, 4) is 33.9 Å². The lowest BCUT2D eigenvalue weighted by Gasteiger charge is -2.06. The van der Waals surface area contributed by atoms with E-state index in [4.69, 9.17) is 0 Å². The first-order valence-corrected chi connectivity index (χ1v) is 8.70. The van der Waals surface area contributed by atoms with Gasteiger partial charge < -0.3 is 0 Å². The van der Waals surface area contributed by atoms with Crippen molar-refractivity contribution in [1.82, 2.24) is 15.0 Å². The number of hydrogen-bond donors (Lipinski definition) is 0. The van der Waals surface area contributed by atoms with Gasteiger partial charge in [-0.15, -0.1) is 0 Å². The Bertz CT molecular complexity index is 1020. The molecule has 0 unspecified atom stereocenters. The van der Waals surface area contributed by atoms with Crippen molar-refractivity contribution in [2.45, 2.75) is 0 Å². The summed E-state index contributed by atoms with van der Waals surface area (Å²) in [4.78, 5) is 13.3. The van der Waals surface area contributed by atoms with E-state index in [0.29, 0.717) is 11.6 Å². The Kier molecular flexibility index (Phi) is 4.36. The molecule has 0 amide bonds. The first kappa shape index (κ1) is 15.7. The van der Waals surface area contributed by atoms with Gasteiger partial charge in [0.15, 0.2) is 11.6 Å². The summed E-state index contributed by atoms with van der Waals surface area (Å²) in [6.45, 7) is 0. The van der Waals surface area contributed by atoms with E-state index in [0.717, 1.165) is 26.7 Å². The molecule has 0 atom stereocenters. The third-order valence-corrected chi connectivity index (χ3v) is 4.38. The molecule has 4 heteroatoms. The molecular formula is C21H14BrN3. The van der Waals surface area contributed by atoms with Crippen molar-refractivity contribution in [2.75, 3.05) is 0 Å². The fraction of sp³-hybridized carbons (Fsp3) is 0. The van der Waals surface area contributed by atoms with E-state index in [9.17, 15) is 0 Å². The van der Waals surface area contributed by atoms with Crippen LogP contribution in [-0.2, 0) is 0 Å². The Morgan fingerprint density at radius 2 is 1.16 bits per heavy atom. The summed E-state index contributed by atoms with van der Waals surface area (Å²) < 4.78 is 1.06. The monoisotopic (exact) mass is 387 g/mol. The molecule has 0 saturated heterocycles. The van der Waals surface area contributed by atoms with Crippen LogP contribution in [0.5, 0.6) is 0 Å². The van der Waals surface area contributed by atoms with Gasteiger partial charge in [-0.1, -0.05) is 76.6 Å². The van der Waals surface area contributed by atoms with Crippen LogP contribution >= 0.6 is 15.9 Å². The van der Waals surface area contributed by atoms with Gasteiger partial charge in [-0.25, -0.2) is 15.0 Å². The van der Waals surface area contributed by atoms with Crippen LogP contribution in [-0.4, -0.2) is 15.0 Å². The number of halogens is 1. The predicted molar refractivity (Wildman–Crippen MR) is 104 cm³/mol. The summed E-state index contributed by atoms with van der Waals surface area (Å²) in [6, 6.07) is 26.4. The molecule has 0 bridgehead atoms. The van der Waals surface area contributed by atoms with Gasteiger partial charge in [-0.2, -0.15) is 0 Å². The molecule has 0 saturated carbocycles. The summed E-state index contributed by atoms with van der Waals surface area (Å²) in [5, 5.41) is 0. The minimum Gasteiger partial charge on any atom is -0.217 e. The SMILES string of the molecule is Brc1cccc(-c2cccc(-c3ncnc(-c4ccccc4)n3)c2)c1. The average Bonchev–Trinajstić information content (AvgIpc) is 2.69. The lowest BCUT2D eigenvalue weighted by atomic mass is 10.0. The van der Waals surface area contributed by atoms with Crippen molar-refractivity contribution in [3.63, 3.8) is 0 Å². The number of nitrogens with zero attached hydrogens (tertiary/aromatic N) is 3. The molecule has 0 aliphatic rings. The van der Waals surface area contributed by atoms with Crippen molar-refractivity contribution in [1.29, 1.82) is 0 Å². The zero-order valence-corrected chi connectivity index (χ0v) is 14.9. The highest BCUT2D eigenvalue weighted by Gasteiger charge is 2.07. The smallest absolute Gasteiger partial charge is 0.163 e. The Hall–Kier alpha value is -2.85. The normalized spacial score (nSPS) is 10.6. The van der Waals surface area contributed by atoms with Crippen LogP contribution in [0.2, 0.25) is 0 Å². The summed E-state index contributed by atoms with van der Waals surface area (Å²) in [7, 11) is 0. The minimum atomic E-state index is 0.672. The van der Waals surface area contributed by atoms with E-state index in [-0.39, 0.29) is 0 Å². The molecule has 0 aliphatic carbocycles. The molecule has 120 valence electrons. The summed E-state index contributed by atoms with van der Waals surface area (Å²) in [5.74, 6) is 1.35. The highest BCUT2D eigenvalue weighted by Crippen LogP contribution is 2.27. The van der Waals surface area contributed by atoms with E-state index in [1.165, 1.54) is 0 Å². The average molecular weight is 388 g/mol. The molecule has 1 heterocycles. The molecule has 0 aliphatic heterocycles. The maximum Gasteiger partial charge on any atom is 0.163 e. The van der Waals surface area contributed by atoms with Crippen LogP contribution in [0.1, 0.15) is 0 Å². The van der Waals surface area contributed by atoms with Gasteiger partial charge in [0.05, 0.1) is 0 Å². The number of benzene rings is 3. The molecule has 3 aromatic carbocycles. The zero-order valence-electron chi connectivity index (χ0n) is 13.3. The highest BCUT2D eigenvalue weighted by atomic mass is 79.9. The lowest BCUT2D eigenvalue weighted by Crippen LogP contribution is -1.95. The third kappa shape index (κ3) is 3.49. The van der Waals surface area contributed by atoms with Crippen LogP contribution < -0.4 is 0 Å². The maximum atomic E-state index is 4.63. The van der Waals surface area contributed by atoms with Crippen LogP contribution in [0.3, 0.4) is 0 Å². The van der Waals surface area contributed by atoms with E-state index in [1.54, 1.807) is 6.33 Å². The summed E-state index contributed by atoms with van der Waals surface area (Å²) in [5.41, 5.74) is 4.22. The Morgan fingerprint density at radius 1 is 0.560 bits per heavy atom. The Morgan fingerprint density at radius 3 is 1.92 bits per heavy atom. The van der Waals surface area contributed by atoms with Gasteiger partial charge in [-0.05, 0) is 29.3 Å². The second-order valence-electron chi connectivity index (χ2n) is 5.59.